The minimum absolute atomic E-state index is 0.0146. The number of phenols is 1. The molecule has 5 heterocycles. The van der Waals surface area contributed by atoms with Gasteiger partial charge in [0.2, 0.25) is 12.1 Å². The number of ether oxygens (including phenoxy) is 15. The Hall–Kier alpha value is -6.62. The first-order valence-electron chi connectivity index (χ1n) is 28.6. The molecule has 3 aromatic carbocycles. The number of benzene rings is 3. The third-order valence-electron chi connectivity index (χ3n) is 15.5. The number of aliphatic hydroxyl groups is 13. The summed E-state index contributed by atoms with van der Waals surface area (Å²) in [6.45, 7) is -3.01. The van der Waals surface area contributed by atoms with Gasteiger partial charge in [0.05, 0.1) is 45.7 Å². The van der Waals surface area contributed by atoms with E-state index in [1.54, 1.807) is 6.07 Å². The van der Waals surface area contributed by atoms with Crippen molar-refractivity contribution in [3.05, 3.63) is 95.6 Å². The summed E-state index contributed by atoms with van der Waals surface area (Å²) >= 11 is 0. The highest BCUT2D eigenvalue weighted by atomic mass is 16.8. The van der Waals surface area contributed by atoms with Gasteiger partial charge in [-0.3, -0.25) is 4.79 Å². The molecule has 14 N–H and O–H groups in total. The van der Waals surface area contributed by atoms with Crippen LogP contribution in [0.4, 0.5) is 0 Å². The Morgan fingerprint density at radius 1 is 0.533 bits per heavy atom. The van der Waals surface area contributed by atoms with Gasteiger partial charge in [-0.05, 0) is 66.6 Å². The lowest BCUT2D eigenvalue weighted by molar-refractivity contribution is -0.421. The van der Waals surface area contributed by atoms with Gasteiger partial charge in [0.25, 0.3) is 0 Å². The molecule has 33 heteroatoms. The van der Waals surface area contributed by atoms with Crippen LogP contribution in [0.2, 0.25) is 0 Å². The second-order valence-corrected chi connectivity index (χ2v) is 21.7. The van der Waals surface area contributed by atoms with Crippen molar-refractivity contribution in [2.75, 3.05) is 47.3 Å². The summed E-state index contributed by atoms with van der Waals surface area (Å²) in [5.41, 5.74) is 0.342. The van der Waals surface area contributed by atoms with Crippen LogP contribution in [-0.4, -0.2) is 290 Å². The first-order valence-corrected chi connectivity index (χ1v) is 28.6. The monoisotopic (exact) mass is 1310 g/mol. The molecular formula is C59H74O33. The Kier molecular flexibility index (Phi) is 24.4. The quantitative estimate of drug-likeness (QED) is 0.0227. The molecule has 0 bridgehead atoms. The average molecular weight is 1310 g/mol. The van der Waals surface area contributed by atoms with E-state index in [0.717, 1.165) is 19.1 Å². The van der Waals surface area contributed by atoms with Crippen LogP contribution in [0.3, 0.4) is 0 Å². The van der Waals surface area contributed by atoms with Gasteiger partial charge in [0.1, 0.15) is 111 Å². The van der Waals surface area contributed by atoms with Crippen molar-refractivity contribution < 1.29 is 162 Å². The molecule has 0 saturated carbocycles. The number of esters is 4. The maximum Gasteiger partial charge on any atom is 0.338 e. The van der Waals surface area contributed by atoms with Gasteiger partial charge < -0.3 is 143 Å². The molecule has 0 aromatic heterocycles. The molecule has 5 aliphatic heterocycles. The molecule has 0 aliphatic carbocycles. The molecular weight excluding hydrogens is 1240 g/mol. The van der Waals surface area contributed by atoms with Gasteiger partial charge in [-0.2, -0.15) is 0 Å². The van der Waals surface area contributed by atoms with E-state index < -0.39 is 204 Å². The van der Waals surface area contributed by atoms with Crippen molar-refractivity contribution in [2.45, 2.75) is 161 Å². The van der Waals surface area contributed by atoms with Gasteiger partial charge in [0.15, 0.2) is 54.1 Å². The van der Waals surface area contributed by atoms with Crippen molar-refractivity contribution in [2.24, 2.45) is 0 Å². The summed E-state index contributed by atoms with van der Waals surface area (Å²) in [4.78, 5) is 55.0. The highest BCUT2D eigenvalue weighted by molar-refractivity contribution is 5.90. The molecule has 3 aromatic rings. The van der Waals surface area contributed by atoms with E-state index in [0.29, 0.717) is 0 Å². The number of phenolic OH excluding ortho intramolecular Hbond substituents is 1. The second-order valence-electron chi connectivity index (χ2n) is 21.7. The Morgan fingerprint density at radius 3 is 1.66 bits per heavy atom. The number of aromatic hydroxyl groups is 1. The summed E-state index contributed by atoms with van der Waals surface area (Å²) in [5.74, 6) is -7.94. The zero-order chi connectivity index (χ0) is 66.9. The van der Waals surface area contributed by atoms with Gasteiger partial charge in [0, 0.05) is 19.1 Å². The molecule has 0 spiro atoms. The second kappa shape index (κ2) is 31.5. The average Bonchev–Trinajstić information content (AvgIpc) is 1.41. The number of aliphatic hydroxyl groups excluding tert-OH is 13. The molecule has 0 radical (unpaired) electrons. The SMILES string of the molecule is COc1cc(/C=C/C(=O)OC[C@@]2(O[C@H]3O[C@H](COC(C)=O)[C@@H](OC(=O)/C=C/c4ccc(O[C@@H]5O[C@@H](C)[C@H](O)[C@@H](O)[C@H]5O)c(OC)c4)[C@H](O[C@@H]4O[C@H](CO)[C@@H](O)[C@H](O)[C@H]4O)[C@H]3O[C@@H]3O[C@H](CO)[C@@H](O)[C@H](O)[C@H]3O)O[C@H](CO)[C@@H](O)[C@@H]2OC(=O)c2ccccc2)ccc1O. The van der Waals surface area contributed by atoms with Crippen LogP contribution in [0.15, 0.2) is 78.9 Å². The Labute approximate surface area is 523 Å². The predicted molar refractivity (Wildman–Crippen MR) is 300 cm³/mol. The Bertz CT molecular complexity index is 3000. The third-order valence-corrected chi connectivity index (χ3v) is 15.5. The van der Waals surface area contributed by atoms with Gasteiger partial charge in [-0.25, -0.2) is 14.4 Å². The van der Waals surface area contributed by atoms with E-state index >= 15 is 0 Å². The fourth-order valence-electron chi connectivity index (χ4n) is 10.4. The molecule has 508 valence electrons. The minimum Gasteiger partial charge on any atom is -0.504 e. The highest BCUT2D eigenvalue weighted by Crippen LogP contribution is 2.43. The van der Waals surface area contributed by atoms with E-state index in [2.05, 4.69) is 0 Å². The highest BCUT2D eigenvalue weighted by Gasteiger charge is 2.64. The fourth-order valence-corrected chi connectivity index (χ4v) is 10.4. The number of carbonyl (C=O) groups is 4. The largest absolute Gasteiger partial charge is 0.504 e. The van der Waals surface area contributed by atoms with Gasteiger partial charge >= 0.3 is 23.9 Å². The molecule has 92 heavy (non-hydrogen) atoms. The first-order chi connectivity index (χ1) is 43.8. The molecule has 8 rings (SSSR count). The van der Waals surface area contributed by atoms with Crippen molar-refractivity contribution >= 4 is 36.0 Å². The van der Waals surface area contributed by atoms with Crippen molar-refractivity contribution in [1.29, 1.82) is 0 Å². The molecule has 24 atom stereocenters. The van der Waals surface area contributed by atoms with Crippen molar-refractivity contribution in [1.82, 2.24) is 0 Å². The summed E-state index contributed by atoms with van der Waals surface area (Å²) in [7, 11) is 2.53. The van der Waals surface area contributed by atoms with Crippen LogP contribution in [0.1, 0.15) is 35.3 Å². The van der Waals surface area contributed by atoms with Crippen LogP contribution in [0.5, 0.6) is 23.0 Å². The van der Waals surface area contributed by atoms with Crippen LogP contribution in [-0.2, 0) is 71.2 Å². The maximum atomic E-state index is 14.4. The Balaban J connectivity index is 1.24. The Morgan fingerprint density at radius 2 is 1.08 bits per heavy atom. The molecule has 0 amide bonds. The smallest absolute Gasteiger partial charge is 0.338 e. The number of hydrogen-bond acceptors (Lipinski definition) is 33. The van der Waals surface area contributed by atoms with Crippen LogP contribution >= 0.6 is 0 Å². The van der Waals surface area contributed by atoms with Gasteiger partial charge in [-0.15, -0.1) is 0 Å². The number of methoxy groups -OCH3 is 2. The zero-order valence-corrected chi connectivity index (χ0v) is 49.5. The van der Waals surface area contributed by atoms with E-state index in [-0.39, 0.29) is 39.7 Å². The topological polar surface area (TPSA) is 490 Å². The molecule has 0 unspecified atom stereocenters. The minimum atomic E-state index is -2.97. The third kappa shape index (κ3) is 16.3. The van der Waals surface area contributed by atoms with E-state index in [9.17, 15) is 90.7 Å². The molecule has 5 fully saturated rings. The summed E-state index contributed by atoms with van der Waals surface area (Å²) in [6.07, 6.45) is -41.6. The normalized spacial score (nSPS) is 36.5. The lowest BCUT2D eigenvalue weighted by atomic mass is 9.95. The number of hydrogen-bond donors (Lipinski definition) is 14. The zero-order valence-electron chi connectivity index (χ0n) is 49.5. The fraction of sp³-hybridized carbons (Fsp3) is 0.559. The van der Waals surface area contributed by atoms with E-state index in [1.807, 2.05) is 0 Å². The lowest BCUT2D eigenvalue weighted by Gasteiger charge is -2.50. The van der Waals surface area contributed by atoms with E-state index in [4.69, 9.17) is 71.1 Å². The standard InChI is InChI=1S/C59H74O33/c1-25-40(67)44(71)47(74)55(82-25)83-31-15-11-28(19-33(31)79-4)13-17-39(66)87-50-37(23-80-26(2)63)86-58(52(89-57-49(76)46(73)42(69)35(21-61)85-57)51(50)88-56-48(75)45(72)41(68)34(20-60)84-56)92-59(24-81-38(65)16-12-27-10-14-30(64)32(18-27)78-3)53(43(70)36(22-62)91-59)90-54(77)29-8-6-5-7-9-29/h5-19,25,34-37,40-53,55-58,60-62,64,67-76H,20-24H2,1-4H3/b16-12+,17-13+/t25-,34+,35+,36+,37+,40-,41+,42+,43+,44+,45-,46-,47+,48+,49+,50+,51-,52+,53-,55-,56-,57-,58+,59-/m0/s1. The summed E-state index contributed by atoms with van der Waals surface area (Å²) < 4.78 is 88.4. The van der Waals surface area contributed by atoms with Gasteiger partial charge in [-0.1, -0.05) is 30.3 Å². The molecule has 5 saturated heterocycles. The van der Waals surface area contributed by atoms with Crippen molar-refractivity contribution in [3.8, 4) is 23.0 Å². The predicted octanol–water partition coefficient (Wildman–Crippen LogP) is -4.85. The number of rotatable bonds is 24. The van der Waals surface area contributed by atoms with E-state index in [1.165, 1.54) is 94.0 Å². The van der Waals surface area contributed by atoms with Crippen molar-refractivity contribution in [3.63, 3.8) is 0 Å². The lowest BCUT2D eigenvalue weighted by Crippen LogP contribution is -2.69. The maximum absolute atomic E-state index is 14.4. The number of carbonyl (C=O) groups excluding carboxylic acids is 4. The first kappa shape index (κ1) is 71.2. The van der Waals surface area contributed by atoms with Crippen LogP contribution in [0, 0.1) is 0 Å². The van der Waals surface area contributed by atoms with Crippen LogP contribution < -0.4 is 14.2 Å². The summed E-state index contributed by atoms with van der Waals surface area (Å²) in [6, 6.07) is 15.2. The van der Waals surface area contributed by atoms with Crippen LogP contribution in [0.25, 0.3) is 12.2 Å². The molecule has 5 aliphatic rings. The molecule has 33 nitrogen and oxygen atoms in total. The summed E-state index contributed by atoms with van der Waals surface area (Å²) in [5, 5.41) is 151.